The topological polar surface area (TPSA) is 33.2 Å². The van der Waals surface area contributed by atoms with Gasteiger partial charge in [-0.25, -0.2) is 9.37 Å². The summed E-state index contributed by atoms with van der Waals surface area (Å²) in [6.45, 7) is 0.743. The van der Waals surface area contributed by atoms with Crippen LogP contribution in [0.4, 0.5) is 4.39 Å². The Bertz CT molecular complexity index is 531. The van der Waals surface area contributed by atoms with Crippen molar-refractivity contribution >= 4 is 17.5 Å². The number of hydrogen-bond acceptors (Lipinski definition) is 2. The van der Waals surface area contributed by atoms with Crippen LogP contribution >= 0.6 is 11.6 Å². The SMILES string of the molecule is O=C(c1cc(F)cnc1Cl)N1CCCC1C1CCCCC1. The molecule has 2 heterocycles. The zero-order valence-electron chi connectivity index (χ0n) is 12.0. The molecule has 1 atom stereocenters. The Labute approximate surface area is 129 Å². The lowest BCUT2D eigenvalue weighted by molar-refractivity contribution is 0.0660. The molecule has 2 fully saturated rings. The molecule has 0 N–H and O–H groups in total. The minimum atomic E-state index is -0.517. The lowest BCUT2D eigenvalue weighted by Gasteiger charge is -2.34. The summed E-state index contributed by atoms with van der Waals surface area (Å²) in [5.41, 5.74) is 0.194. The molecule has 1 aliphatic carbocycles. The van der Waals surface area contributed by atoms with Crippen LogP contribution in [0.1, 0.15) is 55.3 Å². The van der Waals surface area contributed by atoms with Gasteiger partial charge in [0.1, 0.15) is 11.0 Å². The van der Waals surface area contributed by atoms with Crippen LogP contribution in [0.25, 0.3) is 0 Å². The van der Waals surface area contributed by atoms with Crippen LogP contribution in [0.3, 0.4) is 0 Å². The van der Waals surface area contributed by atoms with Gasteiger partial charge in [-0.2, -0.15) is 0 Å². The van der Waals surface area contributed by atoms with Gasteiger partial charge in [-0.05, 0) is 37.7 Å². The fourth-order valence-electron chi connectivity index (χ4n) is 3.78. The largest absolute Gasteiger partial charge is 0.335 e. The molecule has 0 bridgehead atoms. The third-order valence-electron chi connectivity index (χ3n) is 4.79. The number of carbonyl (C=O) groups excluding carboxylic acids is 1. The Kier molecular flexibility index (Phi) is 4.43. The third kappa shape index (κ3) is 3.05. The number of carbonyl (C=O) groups is 1. The van der Waals surface area contributed by atoms with Gasteiger partial charge in [0.2, 0.25) is 0 Å². The van der Waals surface area contributed by atoms with E-state index in [4.69, 9.17) is 11.6 Å². The molecule has 3 nitrogen and oxygen atoms in total. The lowest BCUT2D eigenvalue weighted by Crippen LogP contribution is -2.41. The second-order valence-corrected chi connectivity index (χ2v) is 6.46. The van der Waals surface area contributed by atoms with Crippen LogP contribution in [-0.4, -0.2) is 28.4 Å². The fourth-order valence-corrected chi connectivity index (χ4v) is 3.97. The Hall–Kier alpha value is -1.16. The molecule has 114 valence electrons. The summed E-state index contributed by atoms with van der Waals surface area (Å²) in [7, 11) is 0. The molecule has 0 spiro atoms. The van der Waals surface area contributed by atoms with Gasteiger partial charge in [0.15, 0.2) is 0 Å². The van der Waals surface area contributed by atoms with E-state index < -0.39 is 5.82 Å². The normalized spacial score (nSPS) is 23.5. The van der Waals surface area contributed by atoms with Crippen LogP contribution < -0.4 is 0 Å². The molecule has 0 aromatic carbocycles. The molecule has 1 saturated carbocycles. The van der Waals surface area contributed by atoms with Crippen LogP contribution in [0.5, 0.6) is 0 Å². The molecular weight excluding hydrogens is 291 g/mol. The standard InChI is InChI=1S/C16H20ClFN2O/c17-15-13(9-12(18)10-19-15)16(21)20-8-4-7-14(20)11-5-2-1-3-6-11/h9-11,14H,1-8H2. The van der Waals surface area contributed by atoms with Crippen molar-refractivity contribution in [1.29, 1.82) is 0 Å². The minimum absolute atomic E-state index is 0.0932. The predicted octanol–water partition coefficient (Wildman–Crippen LogP) is 4.06. The fraction of sp³-hybridized carbons (Fsp3) is 0.625. The minimum Gasteiger partial charge on any atom is -0.335 e. The van der Waals surface area contributed by atoms with E-state index in [-0.39, 0.29) is 22.7 Å². The lowest BCUT2D eigenvalue weighted by atomic mass is 9.83. The van der Waals surface area contributed by atoms with Gasteiger partial charge in [0.25, 0.3) is 5.91 Å². The number of hydrogen-bond donors (Lipinski definition) is 0. The first-order valence-corrected chi connectivity index (χ1v) is 8.16. The van der Waals surface area contributed by atoms with E-state index in [1.54, 1.807) is 0 Å². The molecule has 1 aromatic heterocycles. The quantitative estimate of drug-likeness (QED) is 0.772. The van der Waals surface area contributed by atoms with Crippen LogP contribution in [0.2, 0.25) is 5.15 Å². The van der Waals surface area contributed by atoms with E-state index >= 15 is 0 Å². The predicted molar refractivity (Wildman–Crippen MR) is 79.8 cm³/mol. The average molecular weight is 311 g/mol. The maximum atomic E-state index is 13.4. The van der Waals surface area contributed by atoms with Crippen molar-refractivity contribution in [3.05, 3.63) is 28.8 Å². The first-order valence-electron chi connectivity index (χ1n) is 7.79. The Balaban J connectivity index is 1.80. The van der Waals surface area contributed by atoms with E-state index in [0.29, 0.717) is 5.92 Å². The molecule has 0 radical (unpaired) electrons. The smallest absolute Gasteiger partial charge is 0.257 e. The van der Waals surface area contributed by atoms with Crippen molar-refractivity contribution in [2.75, 3.05) is 6.54 Å². The van der Waals surface area contributed by atoms with Gasteiger partial charge in [0, 0.05) is 12.6 Å². The Morgan fingerprint density at radius 1 is 1.24 bits per heavy atom. The van der Waals surface area contributed by atoms with Crippen molar-refractivity contribution in [3.8, 4) is 0 Å². The summed E-state index contributed by atoms with van der Waals surface area (Å²) in [5, 5.41) is 0.0932. The van der Waals surface area contributed by atoms with Gasteiger partial charge in [-0.15, -0.1) is 0 Å². The third-order valence-corrected chi connectivity index (χ3v) is 5.09. The summed E-state index contributed by atoms with van der Waals surface area (Å²) in [6, 6.07) is 1.49. The first kappa shape index (κ1) is 14.8. The Morgan fingerprint density at radius 3 is 2.76 bits per heavy atom. The van der Waals surface area contributed by atoms with Crippen molar-refractivity contribution in [1.82, 2.24) is 9.88 Å². The summed E-state index contributed by atoms with van der Waals surface area (Å²) in [4.78, 5) is 18.4. The maximum Gasteiger partial charge on any atom is 0.257 e. The van der Waals surface area contributed by atoms with Gasteiger partial charge in [-0.1, -0.05) is 30.9 Å². The number of aromatic nitrogens is 1. The molecule has 1 saturated heterocycles. The maximum absolute atomic E-state index is 13.4. The average Bonchev–Trinajstić information content (AvgIpc) is 2.99. The highest BCUT2D eigenvalue weighted by atomic mass is 35.5. The van der Waals surface area contributed by atoms with E-state index in [1.165, 1.54) is 38.2 Å². The van der Waals surface area contributed by atoms with Crippen molar-refractivity contribution in [2.24, 2.45) is 5.92 Å². The van der Waals surface area contributed by atoms with Crippen LogP contribution in [-0.2, 0) is 0 Å². The monoisotopic (exact) mass is 310 g/mol. The van der Waals surface area contributed by atoms with Gasteiger partial charge in [-0.3, -0.25) is 4.79 Å². The van der Waals surface area contributed by atoms with Gasteiger partial charge < -0.3 is 4.90 Å². The van der Waals surface area contributed by atoms with E-state index in [9.17, 15) is 9.18 Å². The second kappa shape index (κ2) is 6.30. The Morgan fingerprint density at radius 2 is 2.00 bits per heavy atom. The molecule has 1 aromatic rings. The molecule has 2 aliphatic rings. The second-order valence-electron chi connectivity index (χ2n) is 6.10. The van der Waals surface area contributed by atoms with Crippen molar-refractivity contribution < 1.29 is 9.18 Å². The summed E-state index contributed by atoms with van der Waals surface area (Å²) in [6.07, 6.45) is 9.33. The molecule has 1 amide bonds. The van der Waals surface area contributed by atoms with Crippen molar-refractivity contribution in [2.45, 2.75) is 51.0 Å². The summed E-state index contributed by atoms with van der Waals surface area (Å²) < 4.78 is 13.4. The number of nitrogens with zero attached hydrogens (tertiary/aromatic N) is 2. The highest BCUT2D eigenvalue weighted by Gasteiger charge is 2.36. The van der Waals surface area contributed by atoms with E-state index in [2.05, 4.69) is 4.98 Å². The zero-order valence-corrected chi connectivity index (χ0v) is 12.8. The molecule has 1 aliphatic heterocycles. The van der Waals surface area contributed by atoms with Gasteiger partial charge >= 0.3 is 0 Å². The zero-order chi connectivity index (χ0) is 14.8. The van der Waals surface area contributed by atoms with E-state index in [1.807, 2.05) is 4.90 Å². The highest BCUT2D eigenvalue weighted by molar-refractivity contribution is 6.32. The van der Waals surface area contributed by atoms with Crippen molar-refractivity contribution in [3.63, 3.8) is 0 Å². The number of pyridine rings is 1. The number of halogens is 2. The summed E-state index contributed by atoms with van der Waals surface area (Å²) >= 11 is 5.98. The molecular formula is C16H20ClFN2O. The van der Waals surface area contributed by atoms with Gasteiger partial charge in [0.05, 0.1) is 11.8 Å². The molecule has 1 unspecified atom stereocenters. The van der Waals surface area contributed by atoms with Crippen LogP contribution in [0.15, 0.2) is 12.3 Å². The molecule has 3 rings (SSSR count). The van der Waals surface area contributed by atoms with E-state index in [0.717, 1.165) is 25.6 Å². The van der Waals surface area contributed by atoms with Crippen LogP contribution in [0, 0.1) is 11.7 Å². The first-order chi connectivity index (χ1) is 10.2. The number of rotatable bonds is 2. The summed E-state index contributed by atoms with van der Waals surface area (Å²) in [5.74, 6) is -0.0956. The molecule has 21 heavy (non-hydrogen) atoms. The number of likely N-dealkylation sites (tertiary alicyclic amines) is 1. The molecule has 5 heteroatoms. The number of amides is 1. The highest BCUT2D eigenvalue weighted by Crippen LogP contribution is 2.35.